The van der Waals surface area contributed by atoms with Crippen molar-refractivity contribution in [3.05, 3.63) is 36.2 Å². The number of rotatable bonds is 3. The Kier molecular flexibility index (Phi) is 3.21. The Morgan fingerprint density at radius 2 is 2.08 bits per heavy atom. The fourth-order valence-corrected chi connectivity index (χ4v) is 3.24. The van der Waals surface area contributed by atoms with Gasteiger partial charge in [0.05, 0.1) is 11.2 Å². The molecule has 0 amide bonds. The van der Waals surface area contributed by atoms with Crippen molar-refractivity contribution in [2.24, 2.45) is 0 Å². The normalized spacial score (nSPS) is 23.2. The minimum atomic E-state index is -0.607. The maximum Gasteiger partial charge on any atom is 0.192 e. The molecular formula is C17H19N5O2. The van der Waals surface area contributed by atoms with Gasteiger partial charge in [0, 0.05) is 18.4 Å². The van der Waals surface area contributed by atoms with Gasteiger partial charge in [-0.2, -0.15) is 0 Å². The van der Waals surface area contributed by atoms with Crippen LogP contribution in [0.2, 0.25) is 0 Å². The molecule has 0 spiro atoms. The zero-order valence-corrected chi connectivity index (χ0v) is 13.6. The average Bonchev–Trinajstić information content (AvgIpc) is 2.96. The summed E-state index contributed by atoms with van der Waals surface area (Å²) in [5.41, 5.74) is 1.62. The third-order valence-corrected chi connectivity index (χ3v) is 4.43. The van der Waals surface area contributed by atoms with Crippen LogP contribution in [0, 0.1) is 6.92 Å². The van der Waals surface area contributed by atoms with Gasteiger partial charge in [-0.3, -0.25) is 4.40 Å². The number of imidazole rings is 1. The quantitative estimate of drug-likeness (QED) is 0.683. The minimum Gasteiger partial charge on any atom is -0.507 e. The molecule has 0 atom stereocenters. The highest BCUT2D eigenvalue weighted by atomic mass is 16.3. The number of nitrogens with zero attached hydrogens (tertiary/aromatic N) is 4. The molecule has 0 aliphatic heterocycles. The number of anilines is 1. The summed E-state index contributed by atoms with van der Waals surface area (Å²) in [6.45, 7) is 3.74. The number of benzene rings is 1. The Bertz CT molecular complexity index is 910. The van der Waals surface area contributed by atoms with Gasteiger partial charge in [0.2, 0.25) is 0 Å². The van der Waals surface area contributed by atoms with Crippen LogP contribution in [0.1, 0.15) is 25.3 Å². The fraction of sp³-hybridized carbons (Fsp3) is 0.353. The molecule has 1 fully saturated rings. The summed E-state index contributed by atoms with van der Waals surface area (Å²) in [4.78, 5) is 4.35. The molecule has 124 valence electrons. The predicted molar refractivity (Wildman–Crippen MR) is 89.9 cm³/mol. The number of aromatic hydroxyl groups is 1. The van der Waals surface area contributed by atoms with E-state index in [9.17, 15) is 10.2 Å². The number of fused-ring (bicyclic) bond motifs is 1. The third-order valence-electron chi connectivity index (χ3n) is 4.43. The van der Waals surface area contributed by atoms with E-state index in [4.69, 9.17) is 0 Å². The summed E-state index contributed by atoms with van der Waals surface area (Å²) < 4.78 is 1.80. The first-order valence-corrected chi connectivity index (χ1v) is 7.92. The van der Waals surface area contributed by atoms with Crippen LogP contribution < -0.4 is 5.32 Å². The Balaban J connectivity index is 1.72. The van der Waals surface area contributed by atoms with Gasteiger partial charge in [-0.25, -0.2) is 4.98 Å². The number of hydrogen-bond donors (Lipinski definition) is 3. The molecule has 7 heteroatoms. The lowest BCUT2D eigenvalue weighted by Gasteiger charge is -2.41. The molecule has 0 unspecified atom stereocenters. The second kappa shape index (κ2) is 5.17. The van der Waals surface area contributed by atoms with Crippen LogP contribution in [-0.2, 0) is 0 Å². The van der Waals surface area contributed by atoms with E-state index in [1.54, 1.807) is 22.9 Å². The van der Waals surface area contributed by atoms with E-state index in [0.717, 1.165) is 5.56 Å². The molecule has 3 aromatic rings. The lowest BCUT2D eigenvalue weighted by Crippen LogP contribution is -2.48. The summed E-state index contributed by atoms with van der Waals surface area (Å²) in [6, 6.07) is 5.60. The van der Waals surface area contributed by atoms with Crippen molar-refractivity contribution in [3.8, 4) is 17.1 Å². The molecule has 0 bridgehead atoms. The van der Waals surface area contributed by atoms with Gasteiger partial charge in [-0.1, -0.05) is 6.07 Å². The first-order valence-electron chi connectivity index (χ1n) is 7.92. The number of hydrogen-bond acceptors (Lipinski definition) is 6. The monoisotopic (exact) mass is 325 g/mol. The Hall–Kier alpha value is -2.67. The largest absolute Gasteiger partial charge is 0.507 e. The van der Waals surface area contributed by atoms with Gasteiger partial charge in [-0.15, -0.1) is 10.2 Å². The van der Waals surface area contributed by atoms with Crippen molar-refractivity contribution < 1.29 is 10.2 Å². The summed E-state index contributed by atoms with van der Waals surface area (Å²) in [6.07, 6.45) is 4.81. The lowest BCUT2D eigenvalue weighted by atomic mass is 9.77. The van der Waals surface area contributed by atoms with Crippen LogP contribution in [0.25, 0.3) is 17.0 Å². The van der Waals surface area contributed by atoms with Crippen LogP contribution in [0.5, 0.6) is 5.75 Å². The molecule has 1 aliphatic rings. The summed E-state index contributed by atoms with van der Waals surface area (Å²) in [7, 11) is 0. The van der Waals surface area contributed by atoms with Crippen molar-refractivity contribution in [2.45, 2.75) is 38.3 Å². The molecule has 3 N–H and O–H groups in total. The Labute approximate surface area is 139 Å². The Morgan fingerprint density at radius 3 is 2.79 bits per heavy atom. The lowest BCUT2D eigenvalue weighted by molar-refractivity contribution is -0.0235. The average molecular weight is 325 g/mol. The van der Waals surface area contributed by atoms with Crippen molar-refractivity contribution in [1.82, 2.24) is 19.6 Å². The molecule has 1 aromatic carbocycles. The summed E-state index contributed by atoms with van der Waals surface area (Å²) in [5.74, 6) is 1.28. The van der Waals surface area contributed by atoms with Gasteiger partial charge in [0.1, 0.15) is 5.75 Å². The van der Waals surface area contributed by atoms with Crippen LogP contribution in [0.15, 0.2) is 30.6 Å². The maximum atomic E-state index is 10.2. The van der Waals surface area contributed by atoms with Crippen LogP contribution in [-0.4, -0.2) is 41.4 Å². The molecule has 1 saturated carbocycles. The minimum absolute atomic E-state index is 0.161. The van der Waals surface area contributed by atoms with Gasteiger partial charge in [0.25, 0.3) is 0 Å². The highest BCUT2D eigenvalue weighted by Crippen LogP contribution is 2.34. The highest BCUT2D eigenvalue weighted by Gasteiger charge is 2.38. The van der Waals surface area contributed by atoms with E-state index in [2.05, 4.69) is 20.5 Å². The molecule has 0 radical (unpaired) electrons. The molecule has 2 aromatic heterocycles. The molecule has 7 nitrogen and oxygen atoms in total. The summed E-state index contributed by atoms with van der Waals surface area (Å²) in [5, 5.41) is 31.9. The second-order valence-electron chi connectivity index (χ2n) is 6.76. The van der Waals surface area contributed by atoms with Crippen molar-refractivity contribution in [1.29, 1.82) is 0 Å². The number of phenolic OH excluding ortho intramolecular Hbond substituents is 1. The number of aryl methyl sites for hydroxylation is 1. The van der Waals surface area contributed by atoms with E-state index in [1.165, 1.54) is 0 Å². The van der Waals surface area contributed by atoms with E-state index in [-0.39, 0.29) is 11.8 Å². The molecule has 24 heavy (non-hydrogen) atoms. The molecule has 1 aliphatic carbocycles. The molecule has 4 rings (SSSR count). The number of aromatic nitrogens is 4. The predicted octanol–water partition coefficient (Wildman–Crippen LogP) is 2.13. The van der Waals surface area contributed by atoms with E-state index >= 15 is 0 Å². The van der Waals surface area contributed by atoms with Crippen LogP contribution in [0.3, 0.4) is 0 Å². The van der Waals surface area contributed by atoms with Crippen molar-refractivity contribution >= 4 is 11.5 Å². The van der Waals surface area contributed by atoms with Crippen LogP contribution in [0.4, 0.5) is 5.82 Å². The van der Waals surface area contributed by atoms with E-state index < -0.39 is 5.60 Å². The Morgan fingerprint density at radius 1 is 1.29 bits per heavy atom. The van der Waals surface area contributed by atoms with E-state index in [1.807, 2.05) is 26.0 Å². The fourth-order valence-electron chi connectivity index (χ4n) is 3.24. The molecule has 0 saturated heterocycles. The SMILES string of the molecule is Cc1ccc(-c2nnc(NC3CC(C)(O)C3)c3nccn23)c(O)c1. The molecular weight excluding hydrogens is 306 g/mol. The number of phenols is 1. The number of aliphatic hydroxyl groups is 1. The number of nitrogens with one attached hydrogen (secondary N) is 1. The van der Waals surface area contributed by atoms with Crippen molar-refractivity contribution in [3.63, 3.8) is 0 Å². The third kappa shape index (κ3) is 2.46. The topological polar surface area (TPSA) is 95.6 Å². The zero-order chi connectivity index (χ0) is 16.9. The first kappa shape index (κ1) is 14.9. The van der Waals surface area contributed by atoms with Gasteiger partial charge in [-0.05, 0) is 44.4 Å². The van der Waals surface area contributed by atoms with Crippen molar-refractivity contribution in [2.75, 3.05) is 5.32 Å². The first-order chi connectivity index (χ1) is 11.4. The van der Waals surface area contributed by atoms with E-state index in [0.29, 0.717) is 35.7 Å². The summed E-state index contributed by atoms with van der Waals surface area (Å²) >= 11 is 0. The van der Waals surface area contributed by atoms with Gasteiger partial charge < -0.3 is 15.5 Å². The maximum absolute atomic E-state index is 10.2. The second-order valence-corrected chi connectivity index (χ2v) is 6.76. The highest BCUT2D eigenvalue weighted by molar-refractivity contribution is 5.71. The van der Waals surface area contributed by atoms with Crippen LogP contribution >= 0.6 is 0 Å². The zero-order valence-electron chi connectivity index (χ0n) is 13.6. The standard InChI is InChI=1S/C17H19N5O2/c1-10-3-4-12(13(23)7-10)15-21-20-14(16-18-5-6-22(15)16)19-11-8-17(2,24)9-11/h3-7,11,23-24H,8-9H2,1-2H3,(H,19,20). The van der Waals surface area contributed by atoms with Gasteiger partial charge in [0.15, 0.2) is 17.3 Å². The van der Waals surface area contributed by atoms with Gasteiger partial charge >= 0.3 is 0 Å². The molecule has 2 heterocycles. The smallest absolute Gasteiger partial charge is 0.192 e.